The molecule has 1 aromatic rings. The van der Waals surface area contributed by atoms with Crippen molar-refractivity contribution in [2.45, 2.75) is 63.3 Å². The molecular weight excluding hydrogens is 375 g/mol. The van der Waals surface area contributed by atoms with E-state index in [2.05, 4.69) is 10.3 Å². The smallest absolute Gasteiger partial charge is 0.417 e. The molecule has 2 amide bonds. The second-order valence-electron chi connectivity index (χ2n) is 7.30. The van der Waals surface area contributed by atoms with E-state index in [0.29, 0.717) is 19.5 Å². The number of pyridine rings is 1. The quantitative estimate of drug-likeness (QED) is 0.799. The zero-order valence-corrected chi connectivity index (χ0v) is 15.5. The van der Waals surface area contributed by atoms with Gasteiger partial charge in [-0.1, -0.05) is 12.8 Å². The second kappa shape index (κ2) is 8.79. The van der Waals surface area contributed by atoms with E-state index in [1.165, 1.54) is 6.07 Å². The van der Waals surface area contributed by atoms with E-state index >= 15 is 0 Å². The summed E-state index contributed by atoms with van der Waals surface area (Å²) in [5.41, 5.74) is -0.834. The van der Waals surface area contributed by atoms with E-state index in [-0.39, 0.29) is 42.7 Å². The normalized spacial score (nSPS) is 20.4. The Morgan fingerprint density at radius 2 is 1.93 bits per heavy atom. The fourth-order valence-electron chi connectivity index (χ4n) is 3.59. The molecule has 1 atom stereocenters. The summed E-state index contributed by atoms with van der Waals surface area (Å²) in [4.78, 5) is 29.5. The van der Waals surface area contributed by atoms with Crippen molar-refractivity contribution in [3.05, 3.63) is 23.9 Å². The molecule has 0 unspecified atom stereocenters. The molecule has 9 heteroatoms. The lowest BCUT2D eigenvalue weighted by molar-refractivity contribution is -0.138. The van der Waals surface area contributed by atoms with Gasteiger partial charge in [0.15, 0.2) is 0 Å². The number of ether oxygens (including phenoxy) is 1. The predicted octanol–water partition coefficient (Wildman–Crippen LogP) is 2.92. The molecule has 1 saturated carbocycles. The van der Waals surface area contributed by atoms with Crippen LogP contribution < -0.4 is 10.1 Å². The summed E-state index contributed by atoms with van der Waals surface area (Å²) in [5, 5.41) is 2.96. The highest BCUT2D eigenvalue weighted by Crippen LogP contribution is 2.29. The van der Waals surface area contributed by atoms with Crippen LogP contribution in [0.3, 0.4) is 0 Å². The van der Waals surface area contributed by atoms with Crippen LogP contribution in [0.4, 0.5) is 13.2 Å². The van der Waals surface area contributed by atoms with Crippen LogP contribution in [0.15, 0.2) is 18.3 Å². The number of aromatic nitrogens is 1. The molecule has 28 heavy (non-hydrogen) atoms. The standard InChI is InChI=1S/C19H24F3N3O3/c20-19(21,22)13-5-7-17(23-11-13)28-15-9-10-25(12-15)18(27)8-6-16(26)24-14-3-1-2-4-14/h5,7,11,14-15H,1-4,6,8-10,12H2,(H,24,26)/t15-/m1/s1. The molecule has 0 spiro atoms. The van der Waals surface area contributed by atoms with Crippen LogP contribution in [0.1, 0.15) is 50.5 Å². The van der Waals surface area contributed by atoms with Gasteiger partial charge in [-0.3, -0.25) is 9.59 Å². The Balaban J connectivity index is 1.40. The predicted molar refractivity (Wildman–Crippen MR) is 94.5 cm³/mol. The zero-order valence-electron chi connectivity index (χ0n) is 15.5. The zero-order chi connectivity index (χ0) is 20.1. The van der Waals surface area contributed by atoms with Crippen molar-refractivity contribution in [3.63, 3.8) is 0 Å². The molecule has 1 aromatic heterocycles. The van der Waals surface area contributed by atoms with Gasteiger partial charge in [0.2, 0.25) is 17.7 Å². The van der Waals surface area contributed by atoms with Crippen LogP contribution in [0, 0.1) is 0 Å². The third-order valence-corrected chi connectivity index (χ3v) is 5.14. The second-order valence-corrected chi connectivity index (χ2v) is 7.30. The summed E-state index contributed by atoms with van der Waals surface area (Å²) in [5.74, 6) is -0.113. The first-order valence-corrected chi connectivity index (χ1v) is 9.58. The fourth-order valence-corrected chi connectivity index (χ4v) is 3.59. The number of hydrogen-bond acceptors (Lipinski definition) is 4. The minimum Gasteiger partial charge on any atom is -0.472 e. The number of halogens is 3. The van der Waals surface area contributed by atoms with Crippen LogP contribution in [-0.2, 0) is 15.8 Å². The van der Waals surface area contributed by atoms with E-state index in [1.54, 1.807) is 4.90 Å². The molecule has 1 aliphatic carbocycles. The average molecular weight is 399 g/mol. The molecule has 6 nitrogen and oxygen atoms in total. The highest BCUT2D eigenvalue weighted by atomic mass is 19.4. The van der Waals surface area contributed by atoms with E-state index in [1.807, 2.05) is 0 Å². The third kappa shape index (κ3) is 5.59. The molecule has 0 bridgehead atoms. The average Bonchev–Trinajstić information content (AvgIpc) is 3.31. The number of carbonyl (C=O) groups excluding carboxylic acids is 2. The Labute approximate surface area is 161 Å². The van der Waals surface area contributed by atoms with E-state index in [9.17, 15) is 22.8 Å². The largest absolute Gasteiger partial charge is 0.472 e. The first kappa shape index (κ1) is 20.4. The van der Waals surface area contributed by atoms with Gasteiger partial charge in [-0.25, -0.2) is 4.98 Å². The van der Waals surface area contributed by atoms with Gasteiger partial charge in [-0.2, -0.15) is 13.2 Å². The summed E-state index contributed by atoms with van der Waals surface area (Å²) in [6.45, 7) is 0.833. The monoisotopic (exact) mass is 399 g/mol. The Bertz CT molecular complexity index is 688. The first-order valence-electron chi connectivity index (χ1n) is 9.58. The third-order valence-electron chi connectivity index (χ3n) is 5.14. The number of alkyl halides is 3. The van der Waals surface area contributed by atoms with Crippen molar-refractivity contribution < 1.29 is 27.5 Å². The van der Waals surface area contributed by atoms with Gasteiger partial charge in [0.25, 0.3) is 0 Å². The summed E-state index contributed by atoms with van der Waals surface area (Å²) in [7, 11) is 0. The number of likely N-dealkylation sites (tertiary alicyclic amines) is 1. The van der Waals surface area contributed by atoms with Gasteiger partial charge >= 0.3 is 6.18 Å². The summed E-state index contributed by atoms with van der Waals surface area (Å²) in [6.07, 6.45) is 1.12. The number of hydrogen-bond donors (Lipinski definition) is 1. The first-order chi connectivity index (χ1) is 13.3. The van der Waals surface area contributed by atoms with Crippen LogP contribution in [0.2, 0.25) is 0 Å². The van der Waals surface area contributed by atoms with Crippen LogP contribution in [-0.4, -0.2) is 46.9 Å². The van der Waals surface area contributed by atoms with E-state index in [4.69, 9.17) is 4.74 Å². The number of carbonyl (C=O) groups is 2. The van der Waals surface area contributed by atoms with Gasteiger partial charge in [0.1, 0.15) is 6.10 Å². The van der Waals surface area contributed by atoms with Crippen molar-refractivity contribution >= 4 is 11.8 Å². The van der Waals surface area contributed by atoms with Crippen molar-refractivity contribution in [2.75, 3.05) is 13.1 Å². The molecule has 154 valence electrons. The Morgan fingerprint density at radius 3 is 2.57 bits per heavy atom. The molecule has 2 heterocycles. The van der Waals surface area contributed by atoms with Crippen LogP contribution in [0.5, 0.6) is 5.88 Å². The lowest BCUT2D eigenvalue weighted by atomic mass is 10.2. The molecule has 0 radical (unpaired) electrons. The van der Waals surface area contributed by atoms with Crippen LogP contribution >= 0.6 is 0 Å². The molecule has 0 aromatic carbocycles. The lowest BCUT2D eigenvalue weighted by Crippen LogP contribution is -2.35. The maximum absolute atomic E-state index is 12.6. The number of amides is 2. The van der Waals surface area contributed by atoms with Gasteiger partial charge in [-0.05, 0) is 18.9 Å². The maximum atomic E-state index is 12.6. The number of nitrogens with one attached hydrogen (secondary N) is 1. The highest BCUT2D eigenvalue weighted by molar-refractivity contribution is 5.84. The van der Waals surface area contributed by atoms with Crippen molar-refractivity contribution in [1.82, 2.24) is 15.2 Å². The minimum absolute atomic E-state index is 0.0961. The van der Waals surface area contributed by atoms with Gasteiger partial charge in [-0.15, -0.1) is 0 Å². The highest BCUT2D eigenvalue weighted by Gasteiger charge is 2.31. The van der Waals surface area contributed by atoms with Gasteiger partial charge in [0, 0.05) is 44.1 Å². The van der Waals surface area contributed by atoms with Crippen LogP contribution in [0.25, 0.3) is 0 Å². The molecule has 3 rings (SSSR count). The molecule has 1 aliphatic heterocycles. The lowest BCUT2D eigenvalue weighted by Gasteiger charge is -2.17. The summed E-state index contributed by atoms with van der Waals surface area (Å²) in [6, 6.07) is 2.34. The molecule has 2 aliphatic rings. The molecular formula is C19H24F3N3O3. The number of rotatable bonds is 6. The van der Waals surface area contributed by atoms with Crippen molar-refractivity contribution in [1.29, 1.82) is 0 Å². The Hall–Kier alpha value is -2.32. The Morgan fingerprint density at radius 1 is 1.18 bits per heavy atom. The topological polar surface area (TPSA) is 71.5 Å². The van der Waals surface area contributed by atoms with Crippen molar-refractivity contribution in [3.8, 4) is 5.88 Å². The molecule has 1 N–H and O–H groups in total. The minimum atomic E-state index is -4.44. The van der Waals surface area contributed by atoms with E-state index in [0.717, 1.165) is 37.9 Å². The molecule has 2 fully saturated rings. The summed E-state index contributed by atoms with van der Waals surface area (Å²) >= 11 is 0. The molecule has 1 saturated heterocycles. The van der Waals surface area contributed by atoms with Gasteiger partial charge < -0.3 is 15.0 Å². The SMILES string of the molecule is O=C(CCC(=O)N1CC[C@@H](Oc2ccc(C(F)(F)F)cn2)C1)NC1CCCC1. The van der Waals surface area contributed by atoms with Gasteiger partial charge in [0.05, 0.1) is 12.1 Å². The van der Waals surface area contributed by atoms with Crippen molar-refractivity contribution in [2.24, 2.45) is 0 Å². The number of nitrogens with zero attached hydrogens (tertiary/aromatic N) is 2. The van der Waals surface area contributed by atoms with E-state index < -0.39 is 11.7 Å². The Kier molecular flexibility index (Phi) is 6.41. The maximum Gasteiger partial charge on any atom is 0.417 e. The summed E-state index contributed by atoms with van der Waals surface area (Å²) < 4.78 is 43.2. The fraction of sp³-hybridized carbons (Fsp3) is 0.632.